The summed E-state index contributed by atoms with van der Waals surface area (Å²) >= 11 is 0. The zero-order valence-corrected chi connectivity index (χ0v) is 16.1. The number of nitrogens with one attached hydrogen (secondary N) is 1. The smallest absolute Gasteiger partial charge is 0.254 e. The summed E-state index contributed by atoms with van der Waals surface area (Å²) in [5.74, 6) is 1.87. The summed E-state index contributed by atoms with van der Waals surface area (Å²) in [7, 11) is 0. The second-order valence-electron chi connectivity index (χ2n) is 7.35. The number of ether oxygens (including phenoxy) is 1. The van der Waals surface area contributed by atoms with Gasteiger partial charge in [-0.2, -0.15) is 14.6 Å². The highest BCUT2D eigenvalue weighted by atomic mass is 16.5. The quantitative estimate of drug-likeness (QED) is 0.553. The van der Waals surface area contributed by atoms with Crippen LogP contribution >= 0.6 is 0 Å². The van der Waals surface area contributed by atoms with E-state index in [1.54, 1.807) is 10.8 Å². The van der Waals surface area contributed by atoms with Gasteiger partial charge in [0, 0.05) is 30.7 Å². The minimum absolute atomic E-state index is 0.110. The van der Waals surface area contributed by atoms with Crippen molar-refractivity contribution in [1.82, 2.24) is 19.6 Å². The molecule has 1 aliphatic rings. The summed E-state index contributed by atoms with van der Waals surface area (Å²) in [6.07, 6.45) is 3.86. The van der Waals surface area contributed by atoms with Gasteiger partial charge in [0.15, 0.2) is 0 Å². The van der Waals surface area contributed by atoms with E-state index in [2.05, 4.69) is 56.8 Å². The molecule has 0 bridgehead atoms. The average Bonchev–Trinajstić information content (AvgIpc) is 3.28. The van der Waals surface area contributed by atoms with Crippen LogP contribution in [0.4, 0.5) is 5.82 Å². The van der Waals surface area contributed by atoms with Gasteiger partial charge in [0.05, 0.1) is 11.8 Å². The van der Waals surface area contributed by atoms with Gasteiger partial charge >= 0.3 is 0 Å². The molecule has 1 fully saturated rings. The summed E-state index contributed by atoms with van der Waals surface area (Å²) in [4.78, 5) is 8.95. The lowest BCUT2D eigenvalue weighted by Gasteiger charge is -2.32. The summed E-state index contributed by atoms with van der Waals surface area (Å²) < 4.78 is 7.90. The number of hydrogen-bond acceptors (Lipinski definition) is 5. The van der Waals surface area contributed by atoms with E-state index in [4.69, 9.17) is 4.74 Å². The number of rotatable bonds is 5. The second-order valence-corrected chi connectivity index (χ2v) is 7.35. The molecule has 5 rings (SSSR count). The fraction of sp³-hybridized carbons (Fsp3) is 0.261. The van der Waals surface area contributed by atoms with Crippen molar-refractivity contribution in [3.8, 4) is 11.3 Å². The van der Waals surface area contributed by atoms with Crippen LogP contribution < -0.4 is 5.32 Å². The van der Waals surface area contributed by atoms with Gasteiger partial charge in [-0.25, -0.2) is 4.98 Å². The van der Waals surface area contributed by atoms with Gasteiger partial charge < -0.3 is 10.1 Å². The Morgan fingerprint density at radius 1 is 1.03 bits per heavy atom. The van der Waals surface area contributed by atoms with E-state index >= 15 is 0 Å². The largest absolute Gasteiger partial charge is 0.373 e. The van der Waals surface area contributed by atoms with E-state index in [1.807, 2.05) is 30.3 Å². The molecule has 29 heavy (non-hydrogen) atoms. The molecule has 0 radical (unpaired) electrons. The van der Waals surface area contributed by atoms with Crippen molar-refractivity contribution in [1.29, 1.82) is 0 Å². The molecule has 0 spiro atoms. The van der Waals surface area contributed by atoms with Gasteiger partial charge in [-0.3, -0.25) is 0 Å². The Bertz CT molecular complexity index is 1080. The molecule has 1 aliphatic heterocycles. The van der Waals surface area contributed by atoms with E-state index < -0.39 is 0 Å². The van der Waals surface area contributed by atoms with Crippen LogP contribution in [-0.2, 0) is 4.74 Å². The van der Waals surface area contributed by atoms with Gasteiger partial charge in [-0.05, 0) is 18.4 Å². The lowest BCUT2D eigenvalue weighted by atomic mass is 9.89. The van der Waals surface area contributed by atoms with Crippen molar-refractivity contribution in [3.63, 3.8) is 0 Å². The van der Waals surface area contributed by atoms with E-state index in [9.17, 15) is 0 Å². The summed E-state index contributed by atoms with van der Waals surface area (Å²) in [6, 6.07) is 22.7. The van der Waals surface area contributed by atoms with Crippen molar-refractivity contribution in [2.75, 3.05) is 18.5 Å². The van der Waals surface area contributed by atoms with Crippen LogP contribution in [0.15, 0.2) is 73.1 Å². The van der Waals surface area contributed by atoms with Crippen LogP contribution in [0.2, 0.25) is 0 Å². The molecular formula is C23H23N5O. The molecule has 1 saturated heterocycles. The van der Waals surface area contributed by atoms with Crippen LogP contribution in [0.5, 0.6) is 0 Å². The first-order valence-corrected chi connectivity index (χ1v) is 10.0. The average molecular weight is 385 g/mol. The van der Waals surface area contributed by atoms with E-state index in [0.717, 1.165) is 43.1 Å². The summed E-state index contributed by atoms with van der Waals surface area (Å²) in [5.41, 5.74) is 3.18. The number of fused-ring (bicyclic) bond motifs is 1. The molecule has 2 aromatic heterocycles. The minimum Gasteiger partial charge on any atom is -0.373 e. The second kappa shape index (κ2) is 8.01. The molecule has 0 amide bonds. The Balaban J connectivity index is 1.42. The highest BCUT2D eigenvalue weighted by molar-refractivity contribution is 5.65. The van der Waals surface area contributed by atoms with Gasteiger partial charge in [0.2, 0.25) is 0 Å². The fourth-order valence-electron chi connectivity index (χ4n) is 3.99. The lowest BCUT2D eigenvalue weighted by molar-refractivity contribution is -0.0238. The van der Waals surface area contributed by atoms with Crippen molar-refractivity contribution in [2.24, 2.45) is 5.92 Å². The molecule has 2 unspecified atom stereocenters. The van der Waals surface area contributed by atoms with E-state index in [1.165, 1.54) is 5.56 Å². The topological polar surface area (TPSA) is 64.3 Å². The molecule has 0 saturated carbocycles. The Labute approximate surface area is 169 Å². The first-order valence-electron chi connectivity index (χ1n) is 10.0. The molecule has 3 heterocycles. The minimum atomic E-state index is 0.110. The molecule has 2 atom stereocenters. The van der Waals surface area contributed by atoms with Crippen molar-refractivity contribution in [3.05, 3.63) is 78.6 Å². The molecule has 2 aromatic carbocycles. The maximum Gasteiger partial charge on any atom is 0.254 e. The molecule has 6 heteroatoms. The zero-order valence-electron chi connectivity index (χ0n) is 16.1. The van der Waals surface area contributed by atoms with Crippen LogP contribution in [0, 0.1) is 5.92 Å². The van der Waals surface area contributed by atoms with Crippen molar-refractivity contribution in [2.45, 2.75) is 18.9 Å². The Kier molecular flexibility index (Phi) is 4.92. The maximum atomic E-state index is 6.14. The van der Waals surface area contributed by atoms with Crippen LogP contribution in [0.1, 0.15) is 24.5 Å². The van der Waals surface area contributed by atoms with Crippen molar-refractivity contribution < 1.29 is 4.74 Å². The maximum absolute atomic E-state index is 6.14. The number of hydrogen-bond donors (Lipinski definition) is 1. The third-order valence-electron chi connectivity index (χ3n) is 5.44. The number of nitrogens with zero attached hydrogens (tertiary/aromatic N) is 4. The molecule has 1 N–H and O–H groups in total. The molecule has 0 aliphatic carbocycles. The Morgan fingerprint density at radius 2 is 1.83 bits per heavy atom. The fourth-order valence-corrected chi connectivity index (χ4v) is 3.99. The van der Waals surface area contributed by atoms with Crippen LogP contribution in [-0.4, -0.2) is 32.7 Å². The normalized spacial score (nSPS) is 19.3. The SMILES string of the molecule is c1ccc(-c2cc(NCC3CCCOC3c3ccccc3)n3ncnc3n2)cc1. The number of aromatic nitrogens is 4. The third-order valence-corrected chi connectivity index (χ3v) is 5.44. The van der Waals surface area contributed by atoms with Crippen LogP contribution in [0.3, 0.4) is 0 Å². The standard InChI is InChI=1S/C23H23N5O/c1-3-8-17(9-4-1)20-14-21(28-23(27-20)25-16-26-28)24-15-19-12-7-13-29-22(19)18-10-5-2-6-11-18/h1-6,8-11,14,16,19,22,24H,7,12-13,15H2. The molecule has 146 valence electrons. The van der Waals surface area contributed by atoms with Gasteiger partial charge in [0.1, 0.15) is 12.1 Å². The highest BCUT2D eigenvalue weighted by Crippen LogP contribution is 2.34. The van der Waals surface area contributed by atoms with Gasteiger partial charge in [-0.1, -0.05) is 60.7 Å². The predicted octanol–water partition coefficient (Wildman–Crippen LogP) is 4.37. The van der Waals surface area contributed by atoms with Gasteiger partial charge in [0.25, 0.3) is 5.78 Å². The lowest BCUT2D eigenvalue weighted by Crippen LogP contribution is -2.28. The number of benzene rings is 2. The Morgan fingerprint density at radius 3 is 2.66 bits per heavy atom. The summed E-state index contributed by atoms with van der Waals surface area (Å²) in [5, 5.41) is 7.94. The first kappa shape index (κ1) is 17.8. The zero-order chi connectivity index (χ0) is 19.5. The van der Waals surface area contributed by atoms with E-state index in [0.29, 0.717) is 11.7 Å². The third kappa shape index (κ3) is 3.71. The van der Waals surface area contributed by atoms with Crippen molar-refractivity contribution >= 4 is 11.6 Å². The predicted molar refractivity (Wildman–Crippen MR) is 113 cm³/mol. The first-order chi connectivity index (χ1) is 14.4. The van der Waals surface area contributed by atoms with Crippen LogP contribution in [0.25, 0.3) is 17.0 Å². The molecule has 6 nitrogen and oxygen atoms in total. The van der Waals surface area contributed by atoms with E-state index in [-0.39, 0.29) is 6.10 Å². The summed E-state index contributed by atoms with van der Waals surface area (Å²) in [6.45, 7) is 1.61. The molecule has 4 aromatic rings. The Hall–Kier alpha value is -3.25. The number of anilines is 1. The highest BCUT2D eigenvalue weighted by Gasteiger charge is 2.27. The van der Waals surface area contributed by atoms with Gasteiger partial charge in [-0.15, -0.1) is 0 Å². The molecular weight excluding hydrogens is 362 g/mol. The monoisotopic (exact) mass is 385 g/mol.